The third-order valence-electron chi connectivity index (χ3n) is 6.46. The molecule has 9 nitrogen and oxygen atoms in total. The molecular weight excluding hydrogens is 468 g/mol. The number of hydrogen-bond donors (Lipinski definition) is 1. The van der Waals surface area contributed by atoms with E-state index in [1.165, 1.54) is 0 Å². The molecule has 0 saturated heterocycles. The van der Waals surface area contributed by atoms with Crippen molar-refractivity contribution >= 4 is 22.8 Å². The zero-order valence-corrected chi connectivity index (χ0v) is 21.6. The van der Waals surface area contributed by atoms with Crippen LogP contribution < -0.4 is 10.1 Å². The van der Waals surface area contributed by atoms with Gasteiger partial charge < -0.3 is 15.0 Å². The van der Waals surface area contributed by atoms with Gasteiger partial charge in [0, 0.05) is 29.1 Å². The molecule has 9 heteroatoms. The largest absolute Gasteiger partial charge is 0.496 e. The van der Waals surface area contributed by atoms with Gasteiger partial charge in [-0.2, -0.15) is 0 Å². The minimum Gasteiger partial charge on any atom is -0.496 e. The maximum Gasteiger partial charge on any atom is 0.247 e. The van der Waals surface area contributed by atoms with E-state index in [4.69, 9.17) is 4.74 Å². The molecule has 0 aliphatic heterocycles. The lowest BCUT2D eigenvalue weighted by molar-refractivity contribution is -0.143. The van der Waals surface area contributed by atoms with E-state index in [1.807, 2.05) is 75.4 Å². The molecule has 0 radical (unpaired) electrons. The number of amides is 2. The summed E-state index contributed by atoms with van der Waals surface area (Å²) in [7, 11) is 1.58. The van der Waals surface area contributed by atoms with E-state index in [9.17, 15) is 9.59 Å². The van der Waals surface area contributed by atoms with Gasteiger partial charge in [-0.1, -0.05) is 48.5 Å². The van der Waals surface area contributed by atoms with Gasteiger partial charge in [0.15, 0.2) is 0 Å². The molecule has 0 fully saturated rings. The molecule has 2 aromatic carbocycles. The van der Waals surface area contributed by atoms with Crippen molar-refractivity contribution in [2.45, 2.75) is 51.9 Å². The fourth-order valence-corrected chi connectivity index (χ4v) is 4.09. The van der Waals surface area contributed by atoms with Crippen LogP contribution >= 0.6 is 0 Å². The summed E-state index contributed by atoms with van der Waals surface area (Å²) in [5.74, 6) is 0.0529. The van der Waals surface area contributed by atoms with Gasteiger partial charge >= 0.3 is 0 Å². The third-order valence-corrected chi connectivity index (χ3v) is 6.46. The van der Waals surface area contributed by atoms with Crippen molar-refractivity contribution in [3.8, 4) is 5.75 Å². The molecule has 2 heterocycles. The Hall–Kier alpha value is -4.27. The van der Waals surface area contributed by atoms with Crippen LogP contribution in [0.15, 0.2) is 73.1 Å². The molecule has 2 amide bonds. The van der Waals surface area contributed by atoms with Crippen LogP contribution in [0.2, 0.25) is 0 Å². The van der Waals surface area contributed by atoms with Crippen LogP contribution in [0.1, 0.15) is 44.4 Å². The molecule has 1 N–H and O–H groups in total. The first-order chi connectivity index (χ1) is 17.8. The van der Waals surface area contributed by atoms with Gasteiger partial charge in [-0.15, -0.1) is 5.10 Å². The highest BCUT2D eigenvalue weighted by atomic mass is 16.5. The van der Waals surface area contributed by atoms with Crippen molar-refractivity contribution in [2.75, 3.05) is 7.11 Å². The molecule has 4 rings (SSSR count). The Kier molecular flexibility index (Phi) is 7.81. The molecule has 1 atom stereocenters. The fraction of sp³-hybridized carbons (Fsp3) is 0.321. The highest BCUT2D eigenvalue weighted by Crippen LogP contribution is 2.28. The second-order valence-electron chi connectivity index (χ2n) is 9.48. The zero-order chi connectivity index (χ0) is 26.4. The van der Waals surface area contributed by atoms with E-state index in [0.717, 1.165) is 17.5 Å². The van der Waals surface area contributed by atoms with E-state index in [0.29, 0.717) is 16.8 Å². The highest BCUT2D eigenvalue weighted by Gasteiger charge is 2.35. The normalized spacial score (nSPS) is 12.2. The molecule has 192 valence electrons. The number of benzene rings is 2. The molecule has 0 bridgehead atoms. The Balaban J connectivity index is 1.78. The lowest BCUT2D eigenvalue weighted by Gasteiger charge is -2.34. The zero-order valence-electron chi connectivity index (χ0n) is 21.6. The number of aromatic nitrogens is 4. The first kappa shape index (κ1) is 25.8. The van der Waals surface area contributed by atoms with E-state index >= 15 is 0 Å². The first-order valence-electron chi connectivity index (χ1n) is 12.2. The van der Waals surface area contributed by atoms with Crippen molar-refractivity contribution in [3.05, 3.63) is 84.2 Å². The number of nitrogens with zero attached hydrogens (tertiary/aromatic N) is 5. The van der Waals surface area contributed by atoms with Gasteiger partial charge in [-0.05, 0) is 44.5 Å². The van der Waals surface area contributed by atoms with Crippen LogP contribution in [0.4, 0.5) is 0 Å². The van der Waals surface area contributed by atoms with Crippen LogP contribution in [0, 0.1) is 0 Å². The van der Waals surface area contributed by atoms with Crippen molar-refractivity contribution in [1.82, 2.24) is 30.2 Å². The van der Waals surface area contributed by atoms with Gasteiger partial charge in [0.2, 0.25) is 11.8 Å². The van der Waals surface area contributed by atoms with Gasteiger partial charge in [0.1, 0.15) is 23.9 Å². The topological polar surface area (TPSA) is 102 Å². The number of hydrogen-bond acceptors (Lipinski definition) is 6. The maximum atomic E-state index is 14.0. The number of carbonyl (C=O) groups excluding carboxylic acids is 2. The standard InChI is InChI=1S/C28H32N6O3/c1-5-28(2,3)30-27(36)26(20-12-10-16-29-17-20)33(18-21-11-6-9-15-24(21)37-4)25(35)19-34-23-14-8-7-13-22(23)31-32-34/h6-17,26H,5,18-19H2,1-4H3,(H,30,36)/t26-/m1/s1. The fourth-order valence-electron chi connectivity index (χ4n) is 4.09. The Bertz CT molecular complexity index is 1370. The summed E-state index contributed by atoms with van der Waals surface area (Å²) < 4.78 is 7.11. The summed E-state index contributed by atoms with van der Waals surface area (Å²) in [6, 6.07) is 17.6. The SMILES string of the molecule is CCC(C)(C)NC(=O)[C@@H](c1cccnc1)N(Cc1ccccc1OC)C(=O)Cn1nnc2ccccc21. The van der Waals surface area contributed by atoms with Gasteiger partial charge in [-0.3, -0.25) is 14.6 Å². The number of carbonyl (C=O) groups is 2. The van der Waals surface area contributed by atoms with Crippen LogP contribution in [0.25, 0.3) is 11.0 Å². The number of nitrogens with one attached hydrogen (secondary N) is 1. The second kappa shape index (κ2) is 11.2. The molecule has 0 spiro atoms. The van der Waals surface area contributed by atoms with E-state index in [-0.39, 0.29) is 24.9 Å². The number of ether oxygens (including phenoxy) is 1. The Morgan fingerprint density at radius 1 is 1.08 bits per heavy atom. The number of para-hydroxylation sites is 2. The van der Waals surface area contributed by atoms with E-state index in [2.05, 4.69) is 20.6 Å². The average molecular weight is 501 g/mol. The molecule has 37 heavy (non-hydrogen) atoms. The molecule has 4 aromatic rings. The molecule has 2 aromatic heterocycles. The minimum absolute atomic E-state index is 0.0864. The monoisotopic (exact) mass is 500 g/mol. The van der Waals surface area contributed by atoms with E-state index in [1.54, 1.807) is 35.2 Å². The average Bonchev–Trinajstić information content (AvgIpc) is 3.31. The van der Waals surface area contributed by atoms with Gasteiger partial charge in [0.05, 0.1) is 19.2 Å². The van der Waals surface area contributed by atoms with Crippen LogP contribution in [0.5, 0.6) is 5.75 Å². The molecule has 0 saturated carbocycles. The smallest absolute Gasteiger partial charge is 0.247 e. The van der Waals surface area contributed by atoms with Crippen LogP contribution in [-0.4, -0.2) is 49.3 Å². The third kappa shape index (κ3) is 5.94. The lowest BCUT2D eigenvalue weighted by Crippen LogP contribution is -2.50. The summed E-state index contributed by atoms with van der Waals surface area (Å²) >= 11 is 0. The number of pyridine rings is 1. The summed E-state index contributed by atoms with van der Waals surface area (Å²) in [5.41, 5.74) is 2.36. The summed E-state index contributed by atoms with van der Waals surface area (Å²) in [6.07, 6.45) is 3.99. The van der Waals surface area contributed by atoms with Gasteiger partial charge in [0.25, 0.3) is 0 Å². The Morgan fingerprint density at radius 2 is 1.84 bits per heavy atom. The Labute approximate surface area is 216 Å². The molecule has 0 unspecified atom stereocenters. The summed E-state index contributed by atoms with van der Waals surface area (Å²) in [5, 5.41) is 11.5. The Morgan fingerprint density at radius 3 is 2.57 bits per heavy atom. The van der Waals surface area contributed by atoms with Crippen LogP contribution in [-0.2, 0) is 22.7 Å². The van der Waals surface area contributed by atoms with Gasteiger partial charge in [-0.25, -0.2) is 4.68 Å². The lowest BCUT2D eigenvalue weighted by atomic mass is 9.99. The molecule has 0 aliphatic rings. The number of fused-ring (bicyclic) bond motifs is 1. The van der Waals surface area contributed by atoms with Crippen molar-refractivity contribution < 1.29 is 14.3 Å². The first-order valence-corrected chi connectivity index (χ1v) is 12.2. The van der Waals surface area contributed by atoms with E-state index < -0.39 is 11.6 Å². The highest BCUT2D eigenvalue weighted by molar-refractivity contribution is 5.89. The predicted octanol–water partition coefficient (Wildman–Crippen LogP) is 3.91. The molecular formula is C28H32N6O3. The quantitative estimate of drug-likeness (QED) is 0.354. The maximum absolute atomic E-state index is 14.0. The van der Waals surface area contributed by atoms with Crippen LogP contribution in [0.3, 0.4) is 0 Å². The van der Waals surface area contributed by atoms with Crippen molar-refractivity contribution in [2.24, 2.45) is 0 Å². The summed E-state index contributed by atoms with van der Waals surface area (Å²) in [4.78, 5) is 33.6. The minimum atomic E-state index is -0.924. The summed E-state index contributed by atoms with van der Waals surface area (Å²) in [6.45, 7) is 5.98. The molecule has 0 aliphatic carbocycles. The number of methoxy groups -OCH3 is 1. The second-order valence-corrected chi connectivity index (χ2v) is 9.48. The van der Waals surface area contributed by atoms with Crippen molar-refractivity contribution in [3.63, 3.8) is 0 Å². The van der Waals surface area contributed by atoms with Crippen molar-refractivity contribution in [1.29, 1.82) is 0 Å². The predicted molar refractivity (Wildman–Crippen MR) is 141 cm³/mol. The number of rotatable bonds is 10.